The van der Waals surface area contributed by atoms with Crippen LogP contribution in [0.25, 0.3) is 6.08 Å². The highest BCUT2D eigenvalue weighted by atomic mass is 31.2. The van der Waals surface area contributed by atoms with Gasteiger partial charge in [0.1, 0.15) is 5.75 Å². The molecule has 0 saturated heterocycles. The van der Waals surface area contributed by atoms with Crippen molar-refractivity contribution in [3.05, 3.63) is 35.9 Å². The monoisotopic (exact) mass is 412 g/mol. The van der Waals surface area contributed by atoms with Crippen LogP contribution in [0.2, 0.25) is 0 Å². The van der Waals surface area contributed by atoms with Gasteiger partial charge in [-0.1, -0.05) is 72.8 Å². The van der Waals surface area contributed by atoms with Crippen molar-refractivity contribution in [2.24, 2.45) is 22.7 Å². The van der Waals surface area contributed by atoms with E-state index in [4.69, 9.17) is 14.5 Å². The Morgan fingerprint density at radius 2 is 1.54 bits per heavy atom. The van der Waals surface area contributed by atoms with Crippen molar-refractivity contribution >= 4 is 13.7 Å². The summed E-state index contributed by atoms with van der Waals surface area (Å²) >= 11 is 0. The van der Waals surface area contributed by atoms with Gasteiger partial charge in [-0.25, -0.2) is 0 Å². The van der Waals surface area contributed by atoms with Gasteiger partial charge in [-0.3, -0.25) is 4.57 Å². The van der Waals surface area contributed by atoms with Crippen LogP contribution < -0.4 is 4.74 Å². The van der Waals surface area contributed by atoms with Gasteiger partial charge >= 0.3 is 7.60 Å². The van der Waals surface area contributed by atoms with Gasteiger partial charge in [0.05, 0.1) is 6.10 Å². The Labute approximate surface area is 170 Å². The van der Waals surface area contributed by atoms with Gasteiger partial charge in [0.15, 0.2) is 6.35 Å². The highest BCUT2D eigenvalue weighted by molar-refractivity contribution is 7.51. The zero-order valence-electron chi connectivity index (χ0n) is 18.2. The van der Waals surface area contributed by atoms with Crippen molar-refractivity contribution in [1.29, 1.82) is 0 Å². The fourth-order valence-corrected chi connectivity index (χ4v) is 4.36. The van der Waals surface area contributed by atoms with Gasteiger partial charge in [-0.2, -0.15) is 0 Å². The van der Waals surface area contributed by atoms with Crippen molar-refractivity contribution < 1.29 is 24.2 Å². The summed E-state index contributed by atoms with van der Waals surface area (Å²) in [6, 6.07) is 7.03. The van der Waals surface area contributed by atoms with Crippen LogP contribution in [0, 0.1) is 22.7 Å². The maximum Gasteiger partial charge on any atom is 0.362 e. The van der Waals surface area contributed by atoms with Crippen molar-refractivity contribution in [3.8, 4) is 5.75 Å². The van der Waals surface area contributed by atoms with Crippen molar-refractivity contribution in [3.63, 3.8) is 0 Å². The minimum atomic E-state index is -4.17. The zero-order valence-corrected chi connectivity index (χ0v) is 19.1. The van der Waals surface area contributed by atoms with Crippen LogP contribution in [-0.4, -0.2) is 27.3 Å². The van der Waals surface area contributed by atoms with E-state index >= 15 is 0 Å². The number of hydrogen-bond acceptors (Lipinski definition) is 3. The molecule has 1 rings (SSSR count). The second-order valence-corrected chi connectivity index (χ2v) is 11.4. The molecule has 2 atom stereocenters. The Bertz CT molecular complexity index is 662. The SMILES string of the molecule is C[C@H](C/C=C/c1ccc(OCP(=O)(O)O)cc1)[C@@H](O)C(C(C)(C)C)C(C)(C)C. The average molecular weight is 413 g/mol. The van der Waals surface area contributed by atoms with Gasteiger partial charge in [0.25, 0.3) is 0 Å². The molecule has 0 unspecified atom stereocenters. The van der Waals surface area contributed by atoms with E-state index in [-0.39, 0.29) is 22.7 Å². The standard InChI is InChI=1S/C22H37O5P/c1-16(19(23)20(21(2,3)4)22(5,6)7)9-8-10-17-11-13-18(14-12-17)27-15-28(24,25)26/h8,10-14,16,19-20,23H,9,15H2,1-7H3,(H2,24,25,26)/b10-8+/t16-,19-/m1/s1. The summed E-state index contributed by atoms with van der Waals surface area (Å²) in [6.07, 6.45) is 3.79. The molecule has 0 aliphatic heterocycles. The smallest absolute Gasteiger partial charge is 0.362 e. The molecule has 160 valence electrons. The van der Waals surface area contributed by atoms with Crippen molar-refractivity contribution in [1.82, 2.24) is 0 Å². The first-order valence-corrected chi connectivity index (χ1v) is 11.5. The van der Waals surface area contributed by atoms with E-state index in [0.717, 1.165) is 12.0 Å². The van der Waals surface area contributed by atoms with Gasteiger partial charge in [-0.15, -0.1) is 0 Å². The van der Waals surface area contributed by atoms with Crippen LogP contribution in [-0.2, 0) is 4.57 Å². The molecule has 0 amide bonds. The minimum Gasteiger partial charge on any atom is -0.481 e. The van der Waals surface area contributed by atoms with E-state index in [0.29, 0.717) is 5.75 Å². The summed E-state index contributed by atoms with van der Waals surface area (Å²) in [5.74, 6) is 0.724. The quantitative estimate of drug-likeness (QED) is 0.504. The number of rotatable bonds is 8. The lowest BCUT2D eigenvalue weighted by Gasteiger charge is -2.45. The number of ether oxygens (including phenoxy) is 1. The summed E-state index contributed by atoms with van der Waals surface area (Å²) < 4.78 is 15.9. The molecule has 0 radical (unpaired) electrons. The Kier molecular flexibility index (Phi) is 8.52. The third-order valence-electron chi connectivity index (χ3n) is 4.89. The molecule has 6 heteroatoms. The van der Waals surface area contributed by atoms with Gasteiger partial charge in [0, 0.05) is 0 Å². The van der Waals surface area contributed by atoms with Crippen LogP contribution in [0.5, 0.6) is 5.75 Å². The maximum absolute atomic E-state index is 11.0. The molecule has 3 N–H and O–H groups in total. The third-order valence-corrected chi connectivity index (χ3v) is 5.35. The first kappa shape index (κ1) is 24.9. The predicted molar refractivity (Wildman–Crippen MR) is 115 cm³/mol. The lowest BCUT2D eigenvalue weighted by Crippen LogP contribution is -2.44. The van der Waals surface area contributed by atoms with Gasteiger partial charge in [-0.05, 0) is 46.8 Å². The Balaban J connectivity index is 2.69. The van der Waals surface area contributed by atoms with E-state index < -0.39 is 20.0 Å². The first-order valence-electron chi connectivity index (χ1n) is 9.73. The average Bonchev–Trinajstić information content (AvgIpc) is 2.50. The van der Waals surface area contributed by atoms with Crippen molar-refractivity contribution in [2.45, 2.75) is 61.0 Å². The molecule has 5 nitrogen and oxygen atoms in total. The van der Waals surface area contributed by atoms with Gasteiger partial charge < -0.3 is 19.6 Å². The molecule has 0 bridgehead atoms. The molecule has 0 aliphatic carbocycles. The molecule has 1 aromatic rings. The highest BCUT2D eigenvalue weighted by Crippen LogP contribution is 2.44. The lowest BCUT2D eigenvalue weighted by atomic mass is 9.62. The second kappa shape index (κ2) is 9.58. The molecule has 0 aromatic heterocycles. The summed E-state index contributed by atoms with van der Waals surface area (Å²) in [7, 11) is -4.17. The fraction of sp³-hybridized carbons (Fsp3) is 0.636. The molecule has 0 aliphatic rings. The van der Waals surface area contributed by atoms with Crippen LogP contribution in [0.1, 0.15) is 60.5 Å². The molecule has 1 aromatic carbocycles. The predicted octanol–water partition coefficient (Wildman–Crippen LogP) is 5.31. The molecule has 0 saturated carbocycles. The molecule has 0 heterocycles. The number of aliphatic hydroxyl groups excluding tert-OH is 1. The first-order chi connectivity index (χ1) is 12.6. The number of hydrogen-bond donors (Lipinski definition) is 3. The summed E-state index contributed by atoms with van der Waals surface area (Å²) in [5.41, 5.74) is 0.991. The van der Waals surface area contributed by atoms with E-state index in [1.54, 1.807) is 12.1 Å². The molecule has 0 fully saturated rings. The number of aliphatic hydroxyl groups is 1. The van der Waals surface area contributed by atoms with E-state index in [1.165, 1.54) is 0 Å². The molecule has 28 heavy (non-hydrogen) atoms. The lowest BCUT2D eigenvalue weighted by molar-refractivity contribution is -0.0515. The van der Waals surface area contributed by atoms with Crippen LogP contribution in [0.15, 0.2) is 30.3 Å². The summed E-state index contributed by atoms with van der Waals surface area (Å²) in [4.78, 5) is 17.7. The minimum absolute atomic E-state index is 0.0125. The number of allylic oxidation sites excluding steroid dienone is 1. The Morgan fingerprint density at radius 3 is 1.96 bits per heavy atom. The topological polar surface area (TPSA) is 87.0 Å². The molecular formula is C22H37O5P. The highest BCUT2D eigenvalue weighted by Gasteiger charge is 2.41. The summed E-state index contributed by atoms with van der Waals surface area (Å²) in [5, 5.41) is 11.0. The largest absolute Gasteiger partial charge is 0.481 e. The van der Waals surface area contributed by atoms with E-state index in [2.05, 4.69) is 54.5 Å². The van der Waals surface area contributed by atoms with Crippen LogP contribution >= 0.6 is 7.60 Å². The number of benzene rings is 1. The van der Waals surface area contributed by atoms with Crippen LogP contribution in [0.4, 0.5) is 0 Å². The molecule has 0 spiro atoms. The van der Waals surface area contributed by atoms with E-state index in [1.807, 2.05) is 18.2 Å². The maximum atomic E-state index is 11.0. The van der Waals surface area contributed by atoms with Gasteiger partial charge in [0.2, 0.25) is 0 Å². The Morgan fingerprint density at radius 1 is 1.04 bits per heavy atom. The normalized spacial score (nSPS) is 15.8. The summed E-state index contributed by atoms with van der Waals surface area (Å²) in [6.45, 7) is 15.2. The second-order valence-electron chi connectivity index (χ2n) is 9.82. The molecular weight excluding hydrogens is 375 g/mol. The van der Waals surface area contributed by atoms with E-state index in [9.17, 15) is 9.67 Å². The van der Waals surface area contributed by atoms with Crippen LogP contribution in [0.3, 0.4) is 0 Å². The third kappa shape index (κ3) is 8.48. The van der Waals surface area contributed by atoms with Crippen molar-refractivity contribution in [2.75, 3.05) is 6.35 Å². The fourth-order valence-electron chi connectivity index (χ4n) is 4.04. The Hall–Kier alpha value is -1.13. The zero-order chi connectivity index (χ0) is 21.8.